The van der Waals surface area contributed by atoms with E-state index < -0.39 is 17.6 Å². The number of aliphatic carboxylic acids is 1. The summed E-state index contributed by atoms with van der Waals surface area (Å²) in [5, 5.41) is 13.9. The number of nitrogens with one attached hydrogen (secondary N) is 1. The molecule has 0 spiro atoms. The number of alkyl carbamates (subject to hydrolysis) is 1. The van der Waals surface area contributed by atoms with Crippen molar-refractivity contribution in [3.05, 3.63) is 77.5 Å². The summed E-state index contributed by atoms with van der Waals surface area (Å²) in [6, 6.07) is 18.7. The lowest BCUT2D eigenvalue weighted by Gasteiger charge is -2.36. The third-order valence-electron chi connectivity index (χ3n) is 5.89. The average Bonchev–Trinajstić information content (AvgIpc) is 3.61. The number of amides is 1. The summed E-state index contributed by atoms with van der Waals surface area (Å²) in [7, 11) is 0. The van der Waals surface area contributed by atoms with Crippen LogP contribution in [0.3, 0.4) is 0 Å². The van der Waals surface area contributed by atoms with Gasteiger partial charge in [-0.15, -0.1) is 0 Å². The van der Waals surface area contributed by atoms with Crippen molar-refractivity contribution in [2.45, 2.75) is 58.1 Å². The van der Waals surface area contributed by atoms with E-state index in [9.17, 15) is 14.7 Å². The highest BCUT2D eigenvalue weighted by molar-refractivity contribution is 5.88. The number of ether oxygens (including phenoxy) is 1. The maximum Gasteiger partial charge on any atom is 0.408 e. The number of rotatable bonds is 7. The molecule has 3 aromatic rings. The van der Waals surface area contributed by atoms with Gasteiger partial charge in [0, 0.05) is 17.0 Å². The second-order valence-electron chi connectivity index (χ2n) is 10.1. The molecule has 6 nitrogen and oxygen atoms in total. The SMILES string of the molecule is CC(C)(C)C[C@](NC(=O)OCc1ccccc1)(C(=O)O)c1ccc2nc(C3CC3)ccc2c1. The minimum Gasteiger partial charge on any atom is -0.479 e. The van der Waals surface area contributed by atoms with Crippen LogP contribution in [0.25, 0.3) is 10.9 Å². The fraction of sp³-hybridized carbons (Fsp3) is 0.370. The summed E-state index contributed by atoms with van der Waals surface area (Å²) in [6.45, 7) is 5.91. The van der Waals surface area contributed by atoms with Gasteiger partial charge < -0.3 is 15.2 Å². The van der Waals surface area contributed by atoms with Gasteiger partial charge in [-0.05, 0) is 54.0 Å². The number of carboxylic acid groups (broad SMARTS) is 1. The third-order valence-corrected chi connectivity index (χ3v) is 5.89. The minimum atomic E-state index is -1.64. The summed E-state index contributed by atoms with van der Waals surface area (Å²) in [5.74, 6) is -0.592. The Labute approximate surface area is 194 Å². The highest BCUT2D eigenvalue weighted by Gasteiger charge is 2.45. The first-order chi connectivity index (χ1) is 15.7. The molecule has 1 saturated carbocycles. The van der Waals surface area contributed by atoms with Crippen molar-refractivity contribution < 1.29 is 19.4 Å². The molecule has 1 heterocycles. The predicted molar refractivity (Wildman–Crippen MR) is 127 cm³/mol. The maximum atomic E-state index is 12.8. The third kappa shape index (κ3) is 5.33. The maximum absolute atomic E-state index is 12.8. The Morgan fingerprint density at radius 3 is 2.42 bits per heavy atom. The smallest absolute Gasteiger partial charge is 0.408 e. The second-order valence-corrected chi connectivity index (χ2v) is 10.1. The molecule has 0 radical (unpaired) electrons. The quantitative estimate of drug-likeness (QED) is 0.482. The van der Waals surface area contributed by atoms with Gasteiger partial charge in [0.05, 0.1) is 5.52 Å². The fourth-order valence-corrected chi connectivity index (χ4v) is 4.21. The van der Waals surface area contributed by atoms with E-state index in [-0.39, 0.29) is 18.4 Å². The van der Waals surface area contributed by atoms with Crippen LogP contribution < -0.4 is 5.32 Å². The van der Waals surface area contributed by atoms with Crippen LogP contribution in [0.15, 0.2) is 60.7 Å². The molecule has 1 amide bonds. The molecule has 2 aromatic carbocycles. The van der Waals surface area contributed by atoms with Gasteiger partial charge in [0.15, 0.2) is 5.54 Å². The van der Waals surface area contributed by atoms with Crippen molar-refractivity contribution in [3.8, 4) is 0 Å². The molecule has 33 heavy (non-hydrogen) atoms. The van der Waals surface area contributed by atoms with E-state index in [1.807, 2.05) is 75.4 Å². The van der Waals surface area contributed by atoms with Gasteiger partial charge >= 0.3 is 12.1 Å². The Hall–Kier alpha value is -3.41. The van der Waals surface area contributed by atoms with Crippen LogP contribution in [0.4, 0.5) is 4.79 Å². The highest BCUT2D eigenvalue weighted by atomic mass is 16.5. The number of hydrogen-bond acceptors (Lipinski definition) is 4. The van der Waals surface area contributed by atoms with Gasteiger partial charge in [0.2, 0.25) is 0 Å². The monoisotopic (exact) mass is 446 g/mol. The van der Waals surface area contributed by atoms with Crippen molar-refractivity contribution in [1.82, 2.24) is 10.3 Å². The van der Waals surface area contributed by atoms with Crippen molar-refractivity contribution >= 4 is 23.0 Å². The molecule has 1 aliphatic carbocycles. The molecule has 2 N–H and O–H groups in total. The number of carboxylic acids is 1. The summed E-state index contributed by atoms with van der Waals surface area (Å²) in [5.41, 5.74) is 1.20. The Morgan fingerprint density at radius 2 is 1.79 bits per heavy atom. The molecule has 0 unspecified atom stereocenters. The minimum absolute atomic E-state index is 0.0590. The molecular formula is C27H30N2O4. The number of benzene rings is 2. The van der Waals surface area contributed by atoms with Gasteiger partial charge in [0.25, 0.3) is 0 Å². The van der Waals surface area contributed by atoms with Crippen molar-refractivity contribution in [3.63, 3.8) is 0 Å². The topological polar surface area (TPSA) is 88.5 Å². The van der Waals surface area contributed by atoms with Crippen LogP contribution in [0.5, 0.6) is 0 Å². The number of nitrogens with zero attached hydrogens (tertiary/aromatic N) is 1. The number of aromatic nitrogens is 1. The van der Waals surface area contributed by atoms with Crippen LogP contribution >= 0.6 is 0 Å². The number of pyridine rings is 1. The molecule has 1 aromatic heterocycles. The largest absolute Gasteiger partial charge is 0.479 e. The van der Waals surface area contributed by atoms with Gasteiger partial charge in [-0.3, -0.25) is 4.98 Å². The van der Waals surface area contributed by atoms with Crippen LogP contribution in [0.2, 0.25) is 0 Å². The van der Waals surface area contributed by atoms with E-state index in [1.165, 1.54) is 12.8 Å². The highest BCUT2D eigenvalue weighted by Crippen LogP contribution is 2.40. The molecule has 6 heteroatoms. The van der Waals surface area contributed by atoms with Crippen LogP contribution in [0, 0.1) is 5.41 Å². The lowest BCUT2D eigenvalue weighted by atomic mass is 9.75. The number of hydrogen-bond donors (Lipinski definition) is 2. The van der Waals surface area contributed by atoms with Crippen LogP contribution in [-0.2, 0) is 21.7 Å². The number of carbonyl (C=O) groups excluding carboxylic acids is 1. The van der Waals surface area contributed by atoms with Gasteiger partial charge in [0.1, 0.15) is 6.61 Å². The molecular weight excluding hydrogens is 416 g/mol. The van der Waals surface area contributed by atoms with Crippen molar-refractivity contribution in [1.29, 1.82) is 0 Å². The lowest BCUT2D eigenvalue weighted by molar-refractivity contribution is -0.146. The summed E-state index contributed by atoms with van der Waals surface area (Å²) >= 11 is 0. The van der Waals surface area contributed by atoms with Crippen molar-refractivity contribution in [2.24, 2.45) is 5.41 Å². The Balaban J connectivity index is 1.66. The van der Waals surface area contributed by atoms with Crippen molar-refractivity contribution in [2.75, 3.05) is 0 Å². The Morgan fingerprint density at radius 1 is 1.06 bits per heavy atom. The first-order valence-corrected chi connectivity index (χ1v) is 11.3. The first-order valence-electron chi connectivity index (χ1n) is 11.3. The zero-order chi connectivity index (χ0) is 23.6. The number of carbonyl (C=O) groups is 2. The van der Waals surface area contributed by atoms with Crippen LogP contribution in [-0.4, -0.2) is 22.2 Å². The molecule has 1 aliphatic rings. The average molecular weight is 447 g/mol. The second kappa shape index (κ2) is 8.85. The standard InChI is InChI=1S/C27H30N2O4/c1-26(2,3)17-27(24(30)31,29-25(32)33-16-18-7-5-4-6-8-18)21-12-14-23-20(15-21)11-13-22(28-23)19-9-10-19/h4-8,11-15,19H,9-10,16-17H2,1-3H3,(H,29,32)(H,30,31)/t27-/m1/s1. The van der Waals surface area contributed by atoms with E-state index in [0.29, 0.717) is 11.5 Å². The normalized spacial score (nSPS) is 15.6. The fourth-order valence-electron chi connectivity index (χ4n) is 4.21. The lowest BCUT2D eigenvalue weighted by Crippen LogP contribution is -2.54. The summed E-state index contributed by atoms with van der Waals surface area (Å²) < 4.78 is 5.38. The summed E-state index contributed by atoms with van der Waals surface area (Å²) in [4.78, 5) is 30.2. The van der Waals surface area contributed by atoms with Gasteiger partial charge in [-0.2, -0.15) is 0 Å². The van der Waals surface area contributed by atoms with Crippen LogP contribution in [0.1, 0.15) is 62.8 Å². The first kappa shape index (κ1) is 22.8. The molecule has 4 rings (SSSR count). The van der Waals surface area contributed by atoms with Gasteiger partial charge in [-0.25, -0.2) is 9.59 Å². The van der Waals surface area contributed by atoms with E-state index in [1.54, 1.807) is 6.07 Å². The predicted octanol–water partition coefficient (Wildman–Crippen LogP) is 5.75. The number of fused-ring (bicyclic) bond motifs is 1. The zero-order valence-electron chi connectivity index (χ0n) is 19.3. The van der Waals surface area contributed by atoms with Gasteiger partial charge in [-0.1, -0.05) is 63.2 Å². The van der Waals surface area contributed by atoms with E-state index in [2.05, 4.69) is 5.32 Å². The molecule has 0 aliphatic heterocycles. The Kier molecular flexibility index (Phi) is 6.11. The Bertz CT molecular complexity index is 1170. The zero-order valence-corrected chi connectivity index (χ0v) is 19.3. The summed E-state index contributed by atoms with van der Waals surface area (Å²) in [6.07, 6.45) is 1.75. The van der Waals surface area contributed by atoms with E-state index in [4.69, 9.17) is 9.72 Å². The molecule has 0 saturated heterocycles. The molecule has 1 fully saturated rings. The molecule has 1 atom stereocenters. The van der Waals surface area contributed by atoms with E-state index in [0.717, 1.165) is 22.2 Å². The molecule has 172 valence electrons. The van der Waals surface area contributed by atoms with E-state index >= 15 is 0 Å². The molecule has 0 bridgehead atoms.